The molecule has 2 aromatic rings. The molecule has 496 valence electrons. The van der Waals surface area contributed by atoms with Crippen molar-refractivity contribution in [1.29, 1.82) is 0 Å². The predicted molar refractivity (Wildman–Crippen MR) is 332 cm³/mol. The molecule has 0 aromatic heterocycles. The summed E-state index contributed by atoms with van der Waals surface area (Å²) in [6.45, 7) is 3.27. The Bertz CT molecular complexity index is 2570. The van der Waals surface area contributed by atoms with E-state index in [-0.39, 0.29) is 84.1 Å². The van der Waals surface area contributed by atoms with Gasteiger partial charge in [-0.15, -0.1) is 0 Å². The first-order chi connectivity index (χ1) is 42.6. The Morgan fingerprint density at radius 1 is 0.517 bits per heavy atom. The van der Waals surface area contributed by atoms with E-state index >= 15 is 0 Å². The van der Waals surface area contributed by atoms with Gasteiger partial charge in [0.25, 0.3) is 0 Å². The number of aliphatic hydroxyl groups is 2. The van der Waals surface area contributed by atoms with Gasteiger partial charge in [0.1, 0.15) is 60.4 Å². The average Bonchev–Trinajstić information content (AvgIpc) is 3.44. The van der Waals surface area contributed by atoms with Crippen LogP contribution in [0.4, 0.5) is 0 Å². The van der Waals surface area contributed by atoms with Gasteiger partial charge in [0, 0.05) is 19.4 Å². The van der Waals surface area contributed by atoms with E-state index in [9.17, 15) is 63.0 Å². The van der Waals surface area contributed by atoms with Gasteiger partial charge in [-0.05, 0) is 122 Å². The Morgan fingerprint density at radius 2 is 0.989 bits per heavy atom. The van der Waals surface area contributed by atoms with Gasteiger partial charge in [-0.25, -0.2) is 0 Å². The second kappa shape index (κ2) is 41.5. The third kappa shape index (κ3) is 27.3. The van der Waals surface area contributed by atoms with Crippen LogP contribution in [0.2, 0.25) is 0 Å². The molecule has 3 rings (SSSR count). The molecule has 89 heavy (non-hydrogen) atoms. The Balaban J connectivity index is 2.10. The largest absolute Gasteiger partial charge is 0.391 e. The molecule has 0 aliphatic carbocycles. The minimum Gasteiger partial charge on any atom is -0.391 e. The number of nitrogens with one attached hydrogen (secondary N) is 11. The molecule has 12 atom stereocenters. The molecule has 1 fully saturated rings. The van der Waals surface area contributed by atoms with Crippen molar-refractivity contribution in [3.05, 3.63) is 71.8 Å². The molecule has 0 bridgehead atoms. The topological polar surface area (TPSA) is 491 Å². The fourth-order valence-corrected chi connectivity index (χ4v) is 9.75. The normalized spacial score (nSPS) is 21.9. The minimum atomic E-state index is -1.70. The molecular formula is C60H98N16O13. The van der Waals surface area contributed by atoms with Crippen LogP contribution >= 0.6 is 0 Å². The van der Waals surface area contributed by atoms with Crippen molar-refractivity contribution in [2.24, 2.45) is 28.7 Å². The highest BCUT2D eigenvalue weighted by molar-refractivity contribution is 5.99. The van der Waals surface area contributed by atoms with E-state index in [1.807, 2.05) is 30.3 Å². The Labute approximate surface area is 520 Å². The number of amides is 11. The van der Waals surface area contributed by atoms with Crippen molar-refractivity contribution in [3.63, 3.8) is 0 Å². The lowest BCUT2D eigenvalue weighted by molar-refractivity contribution is -0.137. The first-order valence-corrected chi connectivity index (χ1v) is 30.9. The minimum absolute atomic E-state index is 0.00200. The van der Waals surface area contributed by atoms with E-state index in [1.54, 1.807) is 30.3 Å². The Kier molecular flexibility index (Phi) is 35.3. The Morgan fingerprint density at radius 3 is 1.49 bits per heavy atom. The highest BCUT2D eigenvalue weighted by Gasteiger charge is 2.37. The summed E-state index contributed by atoms with van der Waals surface area (Å²) < 4.78 is 0. The van der Waals surface area contributed by atoms with E-state index in [4.69, 9.17) is 28.7 Å². The van der Waals surface area contributed by atoms with Crippen LogP contribution in [0.5, 0.6) is 0 Å². The molecule has 1 unspecified atom stereocenters. The lowest BCUT2D eigenvalue weighted by Crippen LogP contribution is -2.62. The third-order valence-corrected chi connectivity index (χ3v) is 14.8. The maximum absolute atomic E-state index is 14.7. The van der Waals surface area contributed by atoms with Crippen LogP contribution in [0.1, 0.15) is 122 Å². The summed E-state index contributed by atoms with van der Waals surface area (Å²) >= 11 is 0. The van der Waals surface area contributed by atoms with Gasteiger partial charge in [0.15, 0.2) is 0 Å². The lowest BCUT2D eigenvalue weighted by atomic mass is 10.0. The summed E-state index contributed by atoms with van der Waals surface area (Å²) in [6, 6.07) is 3.00. The first kappa shape index (κ1) is 75.6. The van der Waals surface area contributed by atoms with Gasteiger partial charge >= 0.3 is 0 Å². The molecule has 1 saturated heterocycles. The zero-order chi connectivity index (χ0) is 65.8. The molecule has 29 heteroatoms. The zero-order valence-corrected chi connectivity index (χ0v) is 51.5. The molecule has 0 saturated carbocycles. The number of unbranched alkanes of at least 4 members (excludes halogenated alkanes) is 4. The van der Waals surface area contributed by atoms with E-state index in [0.717, 1.165) is 31.2 Å². The number of nitrogens with two attached hydrogens (primary N) is 5. The van der Waals surface area contributed by atoms with Crippen molar-refractivity contribution in [2.75, 3.05) is 39.3 Å². The first-order valence-electron chi connectivity index (χ1n) is 30.9. The summed E-state index contributed by atoms with van der Waals surface area (Å²) in [7, 11) is 0. The van der Waals surface area contributed by atoms with Crippen molar-refractivity contribution in [2.45, 2.75) is 196 Å². The monoisotopic (exact) mass is 1250 g/mol. The molecule has 1 aliphatic heterocycles. The van der Waals surface area contributed by atoms with Crippen LogP contribution in [0.3, 0.4) is 0 Å². The van der Waals surface area contributed by atoms with Crippen LogP contribution in [0.25, 0.3) is 0 Å². The summed E-state index contributed by atoms with van der Waals surface area (Å²) in [5.74, 6) is -9.76. The second-order valence-electron chi connectivity index (χ2n) is 22.2. The lowest BCUT2D eigenvalue weighted by Gasteiger charge is -2.28. The van der Waals surface area contributed by atoms with Crippen LogP contribution in [-0.2, 0) is 65.6 Å². The molecule has 11 amide bonds. The van der Waals surface area contributed by atoms with E-state index in [2.05, 4.69) is 65.4 Å². The molecule has 1 aliphatic rings. The summed E-state index contributed by atoms with van der Waals surface area (Å²) in [5, 5.41) is 49.9. The van der Waals surface area contributed by atoms with E-state index < -0.39 is 151 Å². The Hall–Kier alpha value is -7.67. The molecule has 0 spiro atoms. The number of rotatable bonds is 31. The fraction of sp³-hybridized carbons (Fsp3) is 0.617. The number of aryl methyl sites for hydroxylation is 1. The predicted octanol–water partition coefficient (Wildman–Crippen LogP) is -4.51. The van der Waals surface area contributed by atoms with E-state index in [0.29, 0.717) is 24.8 Å². The van der Waals surface area contributed by atoms with E-state index in [1.165, 1.54) is 13.8 Å². The van der Waals surface area contributed by atoms with Crippen LogP contribution < -0.4 is 87.2 Å². The molecule has 0 radical (unpaired) electrons. The molecule has 29 nitrogen and oxygen atoms in total. The third-order valence-electron chi connectivity index (χ3n) is 14.8. The highest BCUT2D eigenvalue weighted by atomic mass is 16.3. The molecule has 2 aromatic carbocycles. The summed E-state index contributed by atoms with van der Waals surface area (Å²) in [4.78, 5) is 155. The van der Waals surface area contributed by atoms with Crippen LogP contribution in [0.15, 0.2) is 60.7 Å². The smallest absolute Gasteiger partial charge is 0.245 e. The fourth-order valence-electron chi connectivity index (χ4n) is 9.75. The van der Waals surface area contributed by atoms with Crippen molar-refractivity contribution in [3.8, 4) is 0 Å². The van der Waals surface area contributed by atoms with Gasteiger partial charge in [-0.1, -0.05) is 93.3 Å². The molecule has 23 N–H and O–H groups in total. The van der Waals surface area contributed by atoms with Crippen molar-refractivity contribution in [1.82, 2.24) is 58.5 Å². The van der Waals surface area contributed by atoms with Gasteiger partial charge in [0.05, 0.1) is 12.2 Å². The average molecular weight is 1250 g/mol. The highest BCUT2D eigenvalue weighted by Crippen LogP contribution is 2.13. The number of carbonyl (C=O) groups is 11. The number of hydrogen-bond donors (Lipinski definition) is 18. The van der Waals surface area contributed by atoms with Crippen LogP contribution in [0, 0.1) is 0 Å². The quantitative estimate of drug-likeness (QED) is 0.0316. The van der Waals surface area contributed by atoms with Gasteiger partial charge in [-0.3, -0.25) is 52.7 Å². The second-order valence-corrected chi connectivity index (χ2v) is 22.2. The van der Waals surface area contributed by atoms with Gasteiger partial charge in [-0.2, -0.15) is 0 Å². The molecular weight excluding hydrogens is 1150 g/mol. The SMILES string of the molecule is CCCCCCCC(=O)N[C@@H](CCN)C(=O)N[C@H](C(=O)N[C@@H](CCN)C(=O)N[C@H]1CCNC(=O)[C@H]([C@@H](C)O)NC(=O)[C@H](CCN)NC(=O)[C@H](CCN)NC(=O)C(Cc2ccccc2)NC(=O)[C@@H](CCCc2ccccc2)NC(=O)[C@@H](CCN)NC1=O)[C@H](C)O. The van der Waals surface area contributed by atoms with Crippen LogP contribution in [-0.4, -0.2) is 187 Å². The molecule has 1 heterocycles. The number of hydrogen-bond acceptors (Lipinski definition) is 18. The number of carbonyl (C=O) groups excluding carboxylic acids is 11. The zero-order valence-electron chi connectivity index (χ0n) is 51.5. The number of benzene rings is 2. The van der Waals surface area contributed by atoms with Gasteiger partial charge < -0.3 is 97.4 Å². The van der Waals surface area contributed by atoms with Crippen molar-refractivity contribution >= 4 is 65.0 Å². The maximum Gasteiger partial charge on any atom is 0.245 e. The summed E-state index contributed by atoms with van der Waals surface area (Å²) in [6.07, 6.45) is 0.727. The summed E-state index contributed by atoms with van der Waals surface area (Å²) in [5.41, 5.74) is 31.0. The van der Waals surface area contributed by atoms with Gasteiger partial charge in [0.2, 0.25) is 65.0 Å². The maximum atomic E-state index is 14.7. The van der Waals surface area contributed by atoms with Crippen molar-refractivity contribution < 1.29 is 63.0 Å². The number of aliphatic hydroxyl groups excluding tert-OH is 2. The standard InChI is InChI=1S/C60H98N16O13/c1-4-5-6-7-14-22-48(79)67-41(23-29-61)56(85)76-50(37(3)78)60(89)73-44(26-32-64)54(83)72-46-28-34-66-59(88)49(36(2)77)75-57(86)45(27-33-65)70-53(82)43(25-31-63)71-58(87)47(35-39-18-12-9-13-19-39)74-51(80)40(21-15-20-38-16-10-8-11-17-38)68-52(81)42(24-30-62)69-55(46)84/h8-13,16-19,36-37,40-47,49-50,77-78H,4-7,14-15,20-35,61-65H2,1-3H3,(H,66,88)(H,67,79)(H,68,81)(H,69,84)(H,70,82)(H,71,87)(H,72,83)(H,73,89)(H,74,80)(H,75,86)(H,76,85)/t36-,37+,40-,41+,42-,43+,44+,45+,46+,47?,49+,50+/m1/s1.